The van der Waals surface area contributed by atoms with Crippen LogP contribution in [0.1, 0.15) is 6.92 Å². The normalized spacial score (nSPS) is 13.9. The standard InChI is InChI=1S/C10H9F6NO5S3/c1-2-22-7-3-5-8(6-4-7)23-17(24(18,19)9(11,12)13)25(20,21)10(14,15)16/h3-6H,2H2,1H3. The van der Waals surface area contributed by atoms with Gasteiger partial charge in [0.05, 0.1) is 6.61 Å². The third-order valence-corrected chi connectivity index (χ3v) is 7.68. The molecule has 1 aromatic rings. The van der Waals surface area contributed by atoms with E-state index in [0.29, 0.717) is 0 Å². The number of nitrogens with zero attached hydrogens (tertiary/aromatic N) is 1. The van der Waals surface area contributed by atoms with Crippen molar-refractivity contribution in [1.82, 2.24) is 3.12 Å². The number of halogens is 6. The zero-order valence-electron chi connectivity index (χ0n) is 12.0. The third kappa shape index (κ3) is 4.71. The molecule has 6 nitrogen and oxygen atoms in total. The average Bonchev–Trinajstić information content (AvgIpc) is 2.44. The lowest BCUT2D eigenvalue weighted by Crippen LogP contribution is -2.45. The second kappa shape index (κ2) is 7.20. The smallest absolute Gasteiger partial charge is 0.494 e. The van der Waals surface area contributed by atoms with Gasteiger partial charge in [0.1, 0.15) is 5.75 Å². The van der Waals surface area contributed by atoms with Crippen LogP contribution in [0.15, 0.2) is 29.2 Å². The zero-order chi connectivity index (χ0) is 19.7. The van der Waals surface area contributed by atoms with E-state index in [0.717, 1.165) is 24.3 Å². The summed E-state index contributed by atoms with van der Waals surface area (Å²) in [6, 6.07) is 4.04. The molecule has 1 rings (SSSR count). The molecule has 0 atom stereocenters. The van der Waals surface area contributed by atoms with Crippen LogP contribution in [0.3, 0.4) is 0 Å². The molecule has 15 heteroatoms. The molecule has 0 unspecified atom stereocenters. The summed E-state index contributed by atoms with van der Waals surface area (Å²) in [5, 5.41) is 0. The monoisotopic (exact) mass is 433 g/mol. The fourth-order valence-electron chi connectivity index (χ4n) is 1.25. The fourth-order valence-corrected chi connectivity index (χ4v) is 5.36. The highest BCUT2D eigenvalue weighted by Crippen LogP contribution is 2.42. The molecule has 0 radical (unpaired) electrons. The molecule has 0 aliphatic carbocycles. The van der Waals surface area contributed by atoms with Crippen molar-refractivity contribution in [3.63, 3.8) is 0 Å². The maximum atomic E-state index is 12.6. The Labute approximate surface area is 143 Å². The van der Waals surface area contributed by atoms with Crippen molar-refractivity contribution < 1.29 is 47.9 Å². The van der Waals surface area contributed by atoms with Gasteiger partial charge in [0.2, 0.25) is 0 Å². The molecule has 0 heterocycles. The van der Waals surface area contributed by atoms with Gasteiger partial charge in [0, 0.05) is 4.90 Å². The van der Waals surface area contributed by atoms with Gasteiger partial charge in [-0.2, -0.15) is 26.3 Å². The Kier molecular flexibility index (Phi) is 6.30. The van der Waals surface area contributed by atoms with Gasteiger partial charge < -0.3 is 4.74 Å². The molecule has 0 spiro atoms. The van der Waals surface area contributed by atoms with Crippen molar-refractivity contribution in [1.29, 1.82) is 0 Å². The fraction of sp³-hybridized carbons (Fsp3) is 0.400. The van der Waals surface area contributed by atoms with E-state index in [1.165, 1.54) is 0 Å². The van der Waals surface area contributed by atoms with Gasteiger partial charge in [0.15, 0.2) is 0 Å². The Hall–Kier alpha value is -1.19. The summed E-state index contributed by atoms with van der Waals surface area (Å²) < 4.78 is 124. The molecule has 0 aliphatic rings. The van der Waals surface area contributed by atoms with Crippen LogP contribution in [0.4, 0.5) is 26.3 Å². The summed E-state index contributed by atoms with van der Waals surface area (Å²) in [5.41, 5.74) is -12.5. The highest BCUT2D eigenvalue weighted by molar-refractivity contribution is 8.20. The second-order valence-corrected chi connectivity index (χ2v) is 9.33. The number of rotatable bonds is 6. The van der Waals surface area contributed by atoms with Gasteiger partial charge >= 0.3 is 31.1 Å². The lowest BCUT2D eigenvalue weighted by atomic mass is 10.3. The lowest BCUT2D eigenvalue weighted by molar-refractivity contribution is -0.0503. The van der Waals surface area contributed by atoms with Crippen molar-refractivity contribution >= 4 is 32.0 Å². The molecule has 0 N–H and O–H groups in total. The minimum atomic E-state index is -6.84. The van der Waals surface area contributed by atoms with Crippen LogP contribution in [-0.2, 0) is 20.0 Å². The maximum absolute atomic E-state index is 12.6. The molecule has 0 saturated carbocycles. The van der Waals surface area contributed by atoms with E-state index in [-0.39, 0.29) is 12.4 Å². The average molecular weight is 433 g/mol. The van der Waals surface area contributed by atoms with Crippen LogP contribution in [0.25, 0.3) is 0 Å². The predicted molar refractivity (Wildman–Crippen MR) is 75.3 cm³/mol. The highest BCUT2D eigenvalue weighted by atomic mass is 32.3. The molecule has 0 aliphatic heterocycles. The van der Waals surface area contributed by atoms with Crippen molar-refractivity contribution in [3.05, 3.63) is 24.3 Å². The number of ether oxygens (including phenoxy) is 1. The van der Waals surface area contributed by atoms with Crippen LogP contribution < -0.4 is 4.74 Å². The van der Waals surface area contributed by atoms with E-state index >= 15 is 0 Å². The highest BCUT2D eigenvalue weighted by Gasteiger charge is 2.62. The Balaban J connectivity index is 3.39. The summed E-state index contributed by atoms with van der Waals surface area (Å²) in [4.78, 5) is -0.510. The molecule has 144 valence electrons. The third-order valence-electron chi connectivity index (χ3n) is 2.29. The first-order valence-electron chi connectivity index (χ1n) is 5.98. The minimum Gasteiger partial charge on any atom is -0.494 e. The molecular formula is C10H9F6NO5S3. The Morgan fingerprint density at radius 2 is 1.32 bits per heavy atom. The van der Waals surface area contributed by atoms with Gasteiger partial charge in [-0.15, -0.1) is 0 Å². The number of alkyl halides is 6. The van der Waals surface area contributed by atoms with E-state index in [4.69, 9.17) is 4.74 Å². The first kappa shape index (κ1) is 21.9. The van der Waals surface area contributed by atoms with Crippen molar-refractivity contribution in [2.75, 3.05) is 6.61 Å². The van der Waals surface area contributed by atoms with Gasteiger partial charge in [-0.25, -0.2) is 16.8 Å². The Morgan fingerprint density at radius 3 is 1.64 bits per heavy atom. The molecule has 0 aromatic heterocycles. The topological polar surface area (TPSA) is 80.8 Å². The summed E-state index contributed by atoms with van der Waals surface area (Å²) >= 11 is -0.755. The number of benzene rings is 1. The minimum absolute atomic E-state index is 0.191. The summed E-state index contributed by atoms with van der Waals surface area (Å²) in [7, 11) is -13.7. The van der Waals surface area contributed by atoms with Crippen LogP contribution in [0.2, 0.25) is 0 Å². The maximum Gasteiger partial charge on any atom is 0.513 e. The molecule has 0 amide bonds. The zero-order valence-corrected chi connectivity index (χ0v) is 14.4. The number of hydrogen-bond donors (Lipinski definition) is 0. The van der Waals surface area contributed by atoms with Gasteiger partial charge in [-0.1, -0.05) is 0 Å². The van der Waals surface area contributed by atoms with Crippen LogP contribution in [0.5, 0.6) is 5.75 Å². The van der Waals surface area contributed by atoms with Gasteiger partial charge in [-0.3, -0.25) is 0 Å². The molecular weight excluding hydrogens is 424 g/mol. The van der Waals surface area contributed by atoms with E-state index in [2.05, 4.69) is 0 Å². The largest absolute Gasteiger partial charge is 0.513 e. The Morgan fingerprint density at radius 1 is 0.920 bits per heavy atom. The van der Waals surface area contributed by atoms with Crippen LogP contribution in [-0.4, -0.2) is 37.6 Å². The molecule has 0 bridgehead atoms. The summed E-state index contributed by atoms with van der Waals surface area (Å²) in [6.07, 6.45) is 0. The molecule has 0 fully saturated rings. The van der Waals surface area contributed by atoms with Crippen LogP contribution in [0, 0.1) is 0 Å². The SMILES string of the molecule is CCOc1ccc(SN(S(=O)(=O)C(F)(F)F)S(=O)(=O)C(F)(F)F)cc1. The lowest BCUT2D eigenvalue weighted by Gasteiger charge is -2.22. The van der Waals surface area contributed by atoms with Gasteiger partial charge in [-0.05, 0) is 46.3 Å². The first-order valence-corrected chi connectivity index (χ1v) is 9.64. The Bertz CT molecular complexity index is 757. The molecule has 0 saturated heterocycles. The van der Waals surface area contributed by atoms with E-state index < -0.39 is 51.0 Å². The quantitative estimate of drug-likeness (QED) is 0.507. The predicted octanol–water partition coefficient (Wildman–Crippen LogP) is 3.09. The van der Waals surface area contributed by atoms with Gasteiger partial charge in [0.25, 0.3) is 0 Å². The van der Waals surface area contributed by atoms with Crippen molar-refractivity contribution in [2.45, 2.75) is 22.8 Å². The van der Waals surface area contributed by atoms with E-state index in [1.807, 2.05) is 0 Å². The first-order chi connectivity index (χ1) is 11.1. The molecule has 1 aromatic carbocycles. The van der Waals surface area contributed by atoms with Crippen molar-refractivity contribution in [2.24, 2.45) is 0 Å². The number of sulfonamides is 2. The second-order valence-electron chi connectivity index (χ2n) is 4.06. The summed E-state index contributed by atoms with van der Waals surface area (Å²) in [5.74, 6) is 0.191. The van der Waals surface area contributed by atoms with Crippen molar-refractivity contribution in [3.8, 4) is 5.75 Å². The van der Waals surface area contributed by atoms with E-state index in [9.17, 15) is 43.2 Å². The van der Waals surface area contributed by atoms with E-state index in [1.54, 1.807) is 6.92 Å². The molecule has 25 heavy (non-hydrogen) atoms. The van der Waals surface area contributed by atoms with Crippen LogP contribution >= 0.6 is 11.9 Å². The summed E-state index contributed by atoms with van der Waals surface area (Å²) in [6.45, 7) is 1.82. The number of hydrogen-bond acceptors (Lipinski definition) is 6.